The van der Waals surface area contributed by atoms with Crippen LogP contribution in [0.4, 0.5) is 11.8 Å². The molecule has 2 aromatic carbocycles. The fourth-order valence-electron chi connectivity index (χ4n) is 3.60. The largest absolute Gasteiger partial charge is 0.493 e. The van der Waals surface area contributed by atoms with Crippen LogP contribution in [0.15, 0.2) is 46.9 Å². The van der Waals surface area contributed by atoms with Crippen molar-refractivity contribution < 1.29 is 18.7 Å². The zero-order valence-electron chi connectivity index (χ0n) is 18.0. The van der Waals surface area contributed by atoms with E-state index in [1.54, 1.807) is 26.4 Å². The summed E-state index contributed by atoms with van der Waals surface area (Å²) in [6.45, 7) is 1.04. The van der Waals surface area contributed by atoms with Crippen molar-refractivity contribution in [1.82, 2.24) is 25.5 Å². The lowest BCUT2D eigenvalue weighted by Crippen LogP contribution is -2.60. The number of benzene rings is 2. The molecular weight excluding hydrogens is 426 g/mol. The second-order valence-corrected chi connectivity index (χ2v) is 7.49. The van der Waals surface area contributed by atoms with Crippen LogP contribution in [0, 0.1) is 0 Å². The maximum absolute atomic E-state index is 12.5. The van der Waals surface area contributed by atoms with Crippen LogP contribution in [0.25, 0.3) is 22.4 Å². The molecule has 1 fully saturated rings. The van der Waals surface area contributed by atoms with Crippen LogP contribution in [0.5, 0.6) is 11.5 Å². The summed E-state index contributed by atoms with van der Waals surface area (Å²) in [5, 5.41) is 11.4. The standard InChI is InChI=1S/C22H21N7O4/c1-31-16-8-14-15(9-17(16)32-2)25-22(26-18(14)23)29-10-13(11-29)24-19(30)21-28-27-20(33-21)12-6-4-3-5-7-12/h3-9,13H,10-11H2,1-2H3,(H,24,30)(H2,23,25,26). The van der Waals surface area contributed by atoms with Crippen LogP contribution in [0.2, 0.25) is 0 Å². The highest BCUT2D eigenvalue weighted by Crippen LogP contribution is 2.34. The highest BCUT2D eigenvalue weighted by molar-refractivity contribution is 5.92. The Morgan fingerprint density at radius 2 is 1.82 bits per heavy atom. The Labute approximate surface area is 188 Å². The first-order chi connectivity index (χ1) is 16.1. The zero-order valence-corrected chi connectivity index (χ0v) is 18.0. The van der Waals surface area contributed by atoms with Crippen LogP contribution >= 0.6 is 0 Å². The van der Waals surface area contributed by atoms with Gasteiger partial charge in [0.1, 0.15) is 5.82 Å². The summed E-state index contributed by atoms with van der Waals surface area (Å²) in [4.78, 5) is 23.4. The highest BCUT2D eigenvalue weighted by atomic mass is 16.5. The summed E-state index contributed by atoms with van der Waals surface area (Å²) >= 11 is 0. The second kappa shape index (κ2) is 8.26. The molecule has 3 N–H and O–H groups in total. The average Bonchev–Trinajstić information content (AvgIpc) is 3.31. The van der Waals surface area contributed by atoms with E-state index in [4.69, 9.17) is 19.6 Å². The Morgan fingerprint density at radius 3 is 2.55 bits per heavy atom. The number of methoxy groups -OCH3 is 2. The highest BCUT2D eigenvalue weighted by Gasteiger charge is 2.32. The molecule has 1 amide bonds. The number of nitrogens with zero attached hydrogens (tertiary/aromatic N) is 5. The fraction of sp³-hybridized carbons (Fsp3) is 0.227. The Hall–Kier alpha value is -4.41. The molecule has 0 unspecified atom stereocenters. The molecule has 33 heavy (non-hydrogen) atoms. The molecule has 0 saturated carbocycles. The van der Waals surface area contributed by atoms with E-state index in [-0.39, 0.29) is 11.9 Å². The van der Waals surface area contributed by atoms with Crippen LogP contribution in [-0.4, -0.2) is 59.4 Å². The van der Waals surface area contributed by atoms with Crippen molar-refractivity contribution in [3.8, 4) is 23.0 Å². The van der Waals surface area contributed by atoms with Gasteiger partial charge < -0.3 is 29.8 Å². The van der Waals surface area contributed by atoms with Gasteiger partial charge in [-0.25, -0.2) is 4.98 Å². The summed E-state index contributed by atoms with van der Waals surface area (Å²) in [5.74, 6) is 1.70. The number of aromatic nitrogens is 4. The Kier molecular flexibility index (Phi) is 5.13. The van der Waals surface area contributed by atoms with Crippen molar-refractivity contribution in [2.45, 2.75) is 6.04 Å². The molecule has 11 nitrogen and oxygen atoms in total. The average molecular weight is 447 g/mol. The number of amides is 1. The van der Waals surface area contributed by atoms with E-state index in [9.17, 15) is 4.79 Å². The van der Waals surface area contributed by atoms with Gasteiger partial charge in [-0.3, -0.25) is 4.79 Å². The molecule has 0 spiro atoms. The molecule has 1 aliphatic rings. The maximum atomic E-state index is 12.5. The molecule has 168 valence electrons. The zero-order chi connectivity index (χ0) is 22.9. The number of carbonyl (C=O) groups excluding carboxylic acids is 1. The van der Waals surface area contributed by atoms with Gasteiger partial charge in [0.2, 0.25) is 11.8 Å². The van der Waals surface area contributed by atoms with Gasteiger partial charge in [-0.2, -0.15) is 4.98 Å². The number of ether oxygens (including phenoxy) is 2. The minimum atomic E-state index is -0.426. The van der Waals surface area contributed by atoms with Gasteiger partial charge in [-0.1, -0.05) is 18.2 Å². The molecule has 4 aromatic rings. The van der Waals surface area contributed by atoms with E-state index < -0.39 is 5.91 Å². The summed E-state index contributed by atoms with van der Waals surface area (Å²) in [7, 11) is 3.12. The van der Waals surface area contributed by atoms with E-state index in [1.165, 1.54) is 0 Å². The van der Waals surface area contributed by atoms with Gasteiger partial charge in [0, 0.05) is 30.1 Å². The number of nitrogen functional groups attached to an aromatic ring is 1. The predicted octanol–water partition coefficient (Wildman–Crippen LogP) is 1.90. The van der Waals surface area contributed by atoms with E-state index in [1.807, 2.05) is 35.2 Å². The number of nitrogens with one attached hydrogen (secondary N) is 1. The third kappa shape index (κ3) is 3.84. The van der Waals surface area contributed by atoms with Gasteiger partial charge >= 0.3 is 11.8 Å². The van der Waals surface area contributed by atoms with Crippen molar-refractivity contribution in [3.05, 3.63) is 48.4 Å². The number of carbonyl (C=O) groups is 1. The van der Waals surface area contributed by atoms with Crippen molar-refractivity contribution in [2.75, 3.05) is 37.9 Å². The Bertz CT molecular complexity index is 1320. The summed E-state index contributed by atoms with van der Waals surface area (Å²) in [5.41, 5.74) is 7.55. The third-order valence-electron chi connectivity index (χ3n) is 5.36. The van der Waals surface area contributed by atoms with Crippen molar-refractivity contribution >= 4 is 28.6 Å². The van der Waals surface area contributed by atoms with Crippen LogP contribution in [0.1, 0.15) is 10.7 Å². The Morgan fingerprint density at radius 1 is 1.09 bits per heavy atom. The lowest BCUT2D eigenvalue weighted by molar-refractivity contribution is 0.0895. The lowest BCUT2D eigenvalue weighted by Gasteiger charge is -2.39. The predicted molar refractivity (Wildman–Crippen MR) is 120 cm³/mol. The van der Waals surface area contributed by atoms with E-state index in [0.717, 1.165) is 5.56 Å². The van der Waals surface area contributed by atoms with Crippen molar-refractivity contribution in [3.63, 3.8) is 0 Å². The molecule has 0 bridgehead atoms. The minimum absolute atomic E-state index is 0.0838. The topological polar surface area (TPSA) is 142 Å². The third-order valence-corrected chi connectivity index (χ3v) is 5.36. The summed E-state index contributed by atoms with van der Waals surface area (Å²) in [6, 6.07) is 12.7. The second-order valence-electron chi connectivity index (χ2n) is 7.49. The molecule has 11 heteroatoms. The Balaban J connectivity index is 1.26. The van der Waals surface area contributed by atoms with Crippen LogP contribution in [0.3, 0.4) is 0 Å². The van der Waals surface area contributed by atoms with Gasteiger partial charge in [0.05, 0.1) is 25.8 Å². The van der Waals surface area contributed by atoms with Gasteiger partial charge in [0.15, 0.2) is 11.5 Å². The van der Waals surface area contributed by atoms with Gasteiger partial charge in [-0.05, 0) is 18.2 Å². The fourth-order valence-corrected chi connectivity index (χ4v) is 3.60. The molecule has 0 aliphatic carbocycles. The molecule has 0 atom stereocenters. The molecule has 1 aliphatic heterocycles. The van der Waals surface area contributed by atoms with Crippen molar-refractivity contribution in [1.29, 1.82) is 0 Å². The smallest absolute Gasteiger partial charge is 0.309 e. The first-order valence-corrected chi connectivity index (χ1v) is 10.2. The number of rotatable bonds is 6. The molecule has 2 aromatic heterocycles. The number of hydrogen-bond donors (Lipinski definition) is 2. The van der Waals surface area contributed by atoms with E-state index in [2.05, 4.69) is 25.5 Å². The number of anilines is 2. The van der Waals surface area contributed by atoms with Crippen LogP contribution < -0.4 is 25.4 Å². The first kappa shape index (κ1) is 20.5. The van der Waals surface area contributed by atoms with Crippen LogP contribution in [-0.2, 0) is 0 Å². The molecule has 0 radical (unpaired) electrons. The van der Waals surface area contributed by atoms with E-state index in [0.29, 0.717) is 53.1 Å². The number of fused-ring (bicyclic) bond motifs is 1. The maximum Gasteiger partial charge on any atom is 0.309 e. The quantitative estimate of drug-likeness (QED) is 0.450. The van der Waals surface area contributed by atoms with Gasteiger partial charge in [-0.15, -0.1) is 10.2 Å². The molecule has 1 saturated heterocycles. The number of hydrogen-bond acceptors (Lipinski definition) is 10. The molecule has 5 rings (SSSR count). The molecular formula is C22H21N7O4. The van der Waals surface area contributed by atoms with Gasteiger partial charge in [0.25, 0.3) is 0 Å². The SMILES string of the molecule is COc1cc2nc(N3CC(NC(=O)c4nnc(-c5ccccc5)o4)C3)nc(N)c2cc1OC. The monoisotopic (exact) mass is 447 g/mol. The number of nitrogens with two attached hydrogens (primary N) is 1. The normalized spacial score (nSPS) is 13.6. The summed E-state index contributed by atoms with van der Waals surface area (Å²) < 4.78 is 16.2. The summed E-state index contributed by atoms with van der Waals surface area (Å²) in [6.07, 6.45) is 0. The lowest BCUT2D eigenvalue weighted by atomic mass is 10.1. The van der Waals surface area contributed by atoms with Crippen molar-refractivity contribution in [2.24, 2.45) is 0 Å². The minimum Gasteiger partial charge on any atom is -0.493 e. The molecule has 3 heterocycles. The van der Waals surface area contributed by atoms with E-state index >= 15 is 0 Å². The first-order valence-electron chi connectivity index (χ1n) is 10.2.